The summed E-state index contributed by atoms with van der Waals surface area (Å²) in [7, 11) is 0. The first-order valence-electron chi connectivity index (χ1n) is 3.39. The number of nitrogens with zero attached hydrogens (tertiary/aromatic N) is 1. The van der Waals surface area contributed by atoms with Crippen LogP contribution >= 0.6 is 22.6 Å². The van der Waals surface area contributed by atoms with Crippen molar-refractivity contribution in [3.8, 4) is 0 Å². The van der Waals surface area contributed by atoms with Crippen LogP contribution in [0.15, 0.2) is 6.20 Å². The average Bonchev–Trinajstić information content (AvgIpc) is 2.07. The minimum Gasteiger partial charge on any atom is -0.326 e. The number of pyridine rings is 1. The number of nitrogens with two attached hydrogens (primary N) is 1. The molecule has 0 atom stereocenters. The molecule has 0 radical (unpaired) electrons. The second-order valence-corrected chi connectivity index (χ2v) is 3.46. The van der Waals surface area contributed by atoms with E-state index in [-0.39, 0.29) is 21.2 Å². The monoisotopic (exact) mass is 302 g/mol. The minimum atomic E-state index is -2.72. The lowest BCUT2D eigenvalue weighted by Gasteiger charge is -2.08. The maximum absolute atomic E-state index is 12.9. The number of rotatable bonds is 2. The molecule has 1 rings (SSSR count). The largest absolute Gasteiger partial charge is 0.326 e. The van der Waals surface area contributed by atoms with Crippen LogP contribution in [0.25, 0.3) is 0 Å². The zero-order valence-corrected chi connectivity index (χ0v) is 8.56. The predicted octanol–water partition coefficient (Wildman–Crippen LogP) is 2.22. The molecule has 0 saturated carbocycles. The summed E-state index contributed by atoms with van der Waals surface area (Å²) in [5, 5.41) is 0. The van der Waals surface area contributed by atoms with Gasteiger partial charge in [-0.15, -0.1) is 0 Å². The van der Waals surface area contributed by atoms with Gasteiger partial charge in [0.05, 0.1) is 0 Å². The fourth-order valence-corrected chi connectivity index (χ4v) is 1.65. The number of hydrogen-bond acceptors (Lipinski definition) is 2. The smallest absolute Gasteiger partial charge is 0.265 e. The van der Waals surface area contributed by atoms with Gasteiger partial charge in [0.25, 0.3) is 6.43 Å². The van der Waals surface area contributed by atoms with E-state index in [4.69, 9.17) is 5.73 Å². The van der Waals surface area contributed by atoms with Crippen molar-refractivity contribution in [1.29, 1.82) is 0 Å². The van der Waals surface area contributed by atoms with Crippen molar-refractivity contribution in [2.24, 2.45) is 5.73 Å². The van der Waals surface area contributed by atoms with Gasteiger partial charge >= 0.3 is 0 Å². The first-order chi connectivity index (χ1) is 6.07. The van der Waals surface area contributed by atoms with Crippen molar-refractivity contribution in [3.63, 3.8) is 0 Å². The van der Waals surface area contributed by atoms with Gasteiger partial charge in [0.1, 0.15) is 0 Å². The van der Waals surface area contributed by atoms with E-state index in [1.165, 1.54) is 0 Å². The molecule has 0 spiro atoms. The van der Waals surface area contributed by atoms with Crippen molar-refractivity contribution < 1.29 is 13.2 Å². The zero-order valence-electron chi connectivity index (χ0n) is 6.40. The third-order valence-corrected chi connectivity index (χ3v) is 2.40. The molecule has 0 aliphatic rings. The molecule has 72 valence electrons. The van der Waals surface area contributed by atoms with Crippen molar-refractivity contribution in [3.05, 3.63) is 26.8 Å². The molecule has 0 aliphatic heterocycles. The lowest BCUT2D eigenvalue weighted by atomic mass is 10.1. The molecule has 2 N–H and O–H groups in total. The third kappa shape index (κ3) is 2.11. The molecule has 0 aliphatic carbocycles. The average molecular weight is 302 g/mol. The minimum absolute atomic E-state index is 0.207. The van der Waals surface area contributed by atoms with Crippen LogP contribution in [0.1, 0.15) is 17.6 Å². The Kier molecular flexibility index (Phi) is 3.48. The number of halogens is 4. The van der Waals surface area contributed by atoms with Crippen molar-refractivity contribution >= 4 is 22.6 Å². The van der Waals surface area contributed by atoms with Crippen LogP contribution in [0.5, 0.6) is 0 Å². The Hall–Kier alpha value is -0.370. The molecule has 0 fully saturated rings. The quantitative estimate of drug-likeness (QED) is 0.672. The molecule has 0 unspecified atom stereocenters. The summed E-state index contributed by atoms with van der Waals surface area (Å²) in [6, 6.07) is 0. The van der Waals surface area contributed by atoms with Crippen molar-refractivity contribution in [2.75, 3.05) is 0 Å². The predicted molar refractivity (Wildman–Crippen MR) is 49.8 cm³/mol. The van der Waals surface area contributed by atoms with Crippen molar-refractivity contribution in [2.45, 2.75) is 13.0 Å². The Morgan fingerprint density at radius 3 is 2.54 bits per heavy atom. The number of hydrogen-bond donors (Lipinski definition) is 1. The van der Waals surface area contributed by atoms with Gasteiger partial charge in [0.15, 0.2) is 0 Å². The number of aromatic nitrogens is 1. The molecule has 1 aromatic rings. The van der Waals surface area contributed by atoms with Gasteiger partial charge in [0, 0.05) is 27.4 Å². The molecule has 13 heavy (non-hydrogen) atoms. The highest BCUT2D eigenvalue weighted by Gasteiger charge is 2.19. The van der Waals surface area contributed by atoms with E-state index in [0.717, 1.165) is 6.20 Å². The van der Waals surface area contributed by atoms with Gasteiger partial charge < -0.3 is 5.73 Å². The second-order valence-electron chi connectivity index (χ2n) is 2.29. The SMILES string of the molecule is NCc1c(F)ncc(I)c1C(F)F. The van der Waals surface area contributed by atoms with Crippen LogP contribution in [0.3, 0.4) is 0 Å². The van der Waals surface area contributed by atoms with Gasteiger partial charge in [0.2, 0.25) is 5.95 Å². The zero-order chi connectivity index (χ0) is 10.0. The van der Waals surface area contributed by atoms with E-state index in [2.05, 4.69) is 4.98 Å². The lowest BCUT2D eigenvalue weighted by Crippen LogP contribution is -2.08. The van der Waals surface area contributed by atoms with Crippen LogP contribution in [0.2, 0.25) is 0 Å². The van der Waals surface area contributed by atoms with Gasteiger partial charge in [-0.2, -0.15) is 4.39 Å². The second kappa shape index (κ2) is 4.23. The van der Waals surface area contributed by atoms with E-state index < -0.39 is 12.4 Å². The normalized spacial score (nSPS) is 10.9. The first kappa shape index (κ1) is 10.7. The third-order valence-electron chi connectivity index (χ3n) is 1.55. The number of alkyl halides is 2. The van der Waals surface area contributed by atoms with Gasteiger partial charge in [-0.05, 0) is 22.6 Å². The standard InChI is InChI=1S/C7H6F3IN2/c8-6(9)5-3(1-12)7(10)13-2-4(5)11/h2,6H,1,12H2. The van der Waals surface area contributed by atoms with Crippen molar-refractivity contribution in [1.82, 2.24) is 4.98 Å². The highest BCUT2D eigenvalue weighted by Crippen LogP contribution is 2.28. The van der Waals surface area contributed by atoms with Gasteiger partial charge in [-0.25, -0.2) is 13.8 Å². The topological polar surface area (TPSA) is 38.9 Å². The molecule has 1 heterocycles. The van der Waals surface area contributed by atoms with E-state index in [1.807, 2.05) is 0 Å². The van der Waals surface area contributed by atoms with Crippen LogP contribution in [0, 0.1) is 9.52 Å². The van der Waals surface area contributed by atoms with Crippen LogP contribution in [-0.2, 0) is 6.54 Å². The molecule has 0 bridgehead atoms. The summed E-state index contributed by atoms with van der Waals surface area (Å²) in [6.45, 7) is -0.269. The summed E-state index contributed by atoms with van der Waals surface area (Å²) < 4.78 is 37.9. The highest BCUT2D eigenvalue weighted by molar-refractivity contribution is 14.1. The lowest BCUT2D eigenvalue weighted by molar-refractivity contribution is 0.148. The van der Waals surface area contributed by atoms with E-state index in [9.17, 15) is 13.2 Å². The first-order valence-corrected chi connectivity index (χ1v) is 4.46. The molecule has 0 saturated heterocycles. The molecule has 0 amide bonds. The van der Waals surface area contributed by atoms with Gasteiger partial charge in [-0.3, -0.25) is 0 Å². The maximum atomic E-state index is 12.9. The Morgan fingerprint density at radius 1 is 1.54 bits per heavy atom. The fraction of sp³-hybridized carbons (Fsp3) is 0.286. The molecular weight excluding hydrogens is 296 g/mol. The Labute approximate surface area is 86.5 Å². The summed E-state index contributed by atoms with van der Waals surface area (Å²) in [5.74, 6) is -0.918. The molecule has 2 nitrogen and oxygen atoms in total. The van der Waals surface area contributed by atoms with Crippen LogP contribution < -0.4 is 5.73 Å². The molecule has 0 aromatic carbocycles. The molecule has 6 heteroatoms. The van der Waals surface area contributed by atoms with E-state index in [0.29, 0.717) is 0 Å². The Morgan fingerprint density at radius 2 is 2.15 bits per heavy atom. The summed E-state index contributed by atoms with van der Waals surface area (Å²) in [6.07, 6.45) is -1.65. The fourth-order valence-electron chi connectivity index (χ4n) is 0.946. The van der Waals surface area contributed by atoms with E-state index >= 15 is 0 Å². The summed E-state index contributed by atoms with van der Waals surface area (Å²) >= 11 is 1.68. The Bertz CT molecular complexity index is 317. The highest BCUT2D eigenvalue weighted by atomic mass is 127. The summed E-state index contributed by atoms with van der Waals surface area (Å²) in [4.78, 5) is 3.31. The maximum Gasteiger partial charge on any atom is 0.265 e. The van der Waals surface area contributed by atoms with Crippen LogP contribution in [0.4, 0.5) is 13.2 Å². The molecule has 1 aromatic heterocycles. The Balaban J connectivity index is 3.35. The van der Waals surface area contributed by atoms with Crippen LogP contribution in [-0.4, -0.2) is 4.98 Å². The molecular formula is C7H6F3IN2. The van der Waals surface area contributed by atoms with E-state index in [1.54, 1.807) is 22.6 Å². The van der Waals surface area contributed by atoms with Gasteiger partial charge in [-0.1, -0.05) is 0 Å². The summed E-state index contributed by atoms with van der Waals surface area (Å²) in [5.41, 5.74) is 4.58.